The van der Waals surface area contributed by atoms with E-state index in [1.165, 1.54) is 4.90 Å². The molecule has 0 aliphatic heterocycles. The van der Waals surface area contributed by atoms with Crippen molar-refractivity contribution in [3.05, 3.63) is 54.4 Å². The molecule has 0 aliphatic carbocycles. The molecule has 3 rings (SSSR count). The van der Waals surface area contributed by atoms with Crippen molar-refractivity contribution in [2.45, 2.75) is 11.8 Å². The first-order chi connectivity index (χ1) is 9.80. The van der Waals surface area contributed by atoms with Crippen molar-refractivity contribution in [3.63, 3.8) is 0 Å². The normalized spacial score (nSPS) is 10.6. The van der Waals surface area contributed by atoms with Gasteiger partial charge >= 0.3 is 0 Å². The minimum Gasteiger partial charge on any atom is -0.305 e. The van der Waals surface area contributed by atoms with Gasteiger partial charge in [0.1, 0.15) is 5.65 Å². The molecular formula is C16H13N3S. The number of nitriles is 1. The van der Waals surface area contributed by atoms with Crippen LogP contribution in [0.3, 0.4) is 0 Å². The number of fused-ring (bicyclic) bond motifs is 1. The van der Waals surface area contributed by atoms with Crippen LogP contribution in [0.15, 0.2) is 53.7 Å². The van der Waals surface area contributed by atoms with Gasteiger partial charge in [-0.1, -0.05) is 19.1 Å². The van der Waals surface area contributed by atoms with Gasteiger partial charge in [-0.2, -0.15) is 5.26 Å². The Labute approximate surface area is 121 Å². The molecule has 4 heteroatoms. The lowest BCUT2D eigenvalue weighted by atomic mass is 10.1. The van der Waals surface area contributed by atoms with Crippen molar-refractivity contribution >= 4 is 17.4 Å². The van der Waals surface area contributed by atoms with Crippen LogP contribution in [-0.4, -0.2) is 15.1 Å². The van der Waals surface area contributed by atoms with Gasteiger partial charge in [0.05, 0.1) is 17.3 Å². The Morgan fingerprint density at radius 3 is 2.65 bits per heavy atom. The summed E-state index contributed by atoms with van der Waals surface area (Å²) < 4.78 is 2.05. The zero-order chi connectivity index (χ0) is 13.9. The second kappa shape index (κ2) is 5.40. The SMILES string of the molecule is CCSc1ccc2nc(-c3ccc(C#N)cc3)cn2c1. The van der Waals surface area contributed by atoms with E-state index in [-0.39, 0.29) is 0 Å². The number of benzene rings is 1. The molecule has 0 aliphatic rings. The highest BCUT2D eigenvalue weighted by Gasteiger charge is 2.05. The van der Waals surface area contributed by atoms with Crippen LogP contribution in [-0.2, 0) is 0 Å². The first-order valence-electron chi connectivity index (χ1n) is 6.42. The van der Waals surface area contributed by atoms with Crippen molar-refractivity contribution < 1.29 is 0 Å². The second-order valence-electron chi connectivity index (χ2n) is 4.38. The summed E-state index contributed by atoms with van der Waals surface area (Å²) in [6.07, 6.45) is 4.13. The number of nitrogens with zero attached hydrogens (tertiary/aromatic N) is 3. The summed E-state index contributed by atoms with van der Waals surface area (Å²) in [5.74, 6) is 1.06. The Balaban J connectivity index is 2.01. The van der Waals surface area contributed by atoms with Crippen LogP contribution >= 0.6 is 11.8 Å². The molecule has 1 aromatic carbocycles. The minimum absolute atomic E-state index is 0.666. The Bertz CT molecular complexity index is 782. The lowest BCUT2D eigenvalue weighted by Crippen LogP contribution is -1.83. The zero-order valence-electron chi connectivity index (χ0n) is 11.1. The maximum absolute atomic E-state index is 8.82. The first kappa shape index (κ1) is 12.8. The van der Waals surface area contributed by atoms with Crippen LogP contribution in [0.4, 0.5) is 0 Å². The maximum Gasteiger partial charge on any atom is 0.137 e. The van der Waals surface area contributed by atoms with Crippen molar-refractivity contribution in [3.8, 4) is 17.3 Å². The van der Waals surface area contributed by atoms with Crippen LogP contribution in [0.25, 0.3) is 16.9 Å². The Hall–Kier alpha value is -2.25. The number of thioether (sulfide) groups is 1. The number of hydrogen-bond acceptors (Lipinski definition) is 3. The summed E-state index contributed by atoms with van der Waals surface area (Å²) in [4.78, 5) is 5.85. The molecule has 0 amide bonds. The van der Waals surface area contributed by atoms with E-state index in [1.54, 1.807) is 0 Å². The quantitative estimate of drug-likeness (QED) is 0.681. The number of imidazole rings is 1. The lowest BCUT2D eigenvalue weighted by Gasteiger charge is -1.98. The predicted octanol–water partition coefficient (Wildman–Crippen LogP) is 3.98. The molecule has 0 bridgehead atoms. The molecule has 0 unspecified atom stereocenters. The van der Waals surface area contributed by atoms with E-state index in [0.29, 0.717) is 5.56 Å². The van der Waals surface area contributed by atoms with E-state index in [4.69, 9.17) is 5.26 Å². The van der Waals surface area contributed by atoms with Crippen LogP contribution < -0.4 is 0 Å². The molecule has 0 N–H and O–H groups in total. The standard InChI is InChI=1S/C16H13N3S/c1-2-20-14-7-8-16-18-15(11-19(16)10-14)13-5-3-12(9-17)4-6-13/h3-8,10-11H,2H2,1H3. The van der Waals surface area contributed by atoms with Crippen LogP contribution in [0, 0.1) is 11.3 Å². The average molecular weight is 279 g/mol. The third-order valence-electron chi connectivity index (χ3n) is 3.04. The summed E-state index contributed by atoms with van der Waals surface area (Å²) in [7, 11) is 0. The van der Waals surface area contributed by atoms with E-state index >= 15 is 0 Å². The molecule has 3 nitrogen and oxygen atoms in total. The summed E-state index contributed by atoms with van der Waals surface area (Å²) in [6.45, 7) is 2.14. The van der Waals surface area contributed by atoms with Gasteiger partial charge in [0.15, 0.2) is 0 Å². The largest absolute Gasteiger partial charge is 0.305 e. The monoisotopic (exact) mass is 279 g/mol. The van der Waals surface area contributed by atoms with E-state index < -0.39 is 0 Å². The molecule has 0 radical (unpaired) electrons. The number of pyridine rings is 1. The van der Waals surface area contributed by atoms with E-state index in [1.807, 2.05) is 52.7 Å². The van der Waals surface area contributed by atoms with Crippen molar-refractivity contribution in [2.75, 3.05) is 5.75 Å². The summed E-state index contributed by atoms with van der Waals surface area (Å²) in [5, 5.41) is 8.82. The smallest absolute Gasteiger partial charge is 0.137 e. The molecule has 0 atom stereocenters. The van der Waals surface area contributed by atoms with E-state index in [9.17, 15) is 0 Å². The van der Waals surface area contributed by atoms with Crippen LogP contribution in [0.1, 0.15) is 12.5 Å². The van der Waals surface area contributed by atoms with Crippen molar-refractivity contribution in [2.24, 2.45) is 0 Å². The second-order valence-corrected chi connectivity index (χ2v) is 5.72. The molecular weight excluding hydrogens is 266 g/mol. The highest BCUT2D eigenvalue weighted by molar-refractivity contribution is 7.99. The highest BCUT2D eigenvalue weighted by Crippen LogP contribution is 2.22. The van der Waals surface area contributed by atoms with Gasteiger partial charge in [0, 0.05) is 22.9 Å². The third kappa shape index (κ3) is 2.40. The van der Waals surface area contributed by atoms with Gasteiger partial charge in [0.25, 0.3) is 0 Å². The lowest BCUT2D eigenvalue weighted by molar-refractivity contribution is 1.13. The summed E-state index contributed by atoms with van der Waals surface area (Å²) in [6, 6.07) is 13.8. The average Bonchev–Trinajstić information content (AvgIpc) is 2.91. The summed E-state index contributed by atoms with van der Waals surface area (Å²) in [5.41, 5.74) is 3.55. The van der Waals surface area contributed by atoms with Gasteiger partial charge in [-0.25, -0.2) is 4.98 Å². The number of aromatic nitrogens is 2. The van der Waals surface area contributed by atoms with Crippen LogP contribution in [0.2, 0.25) is 0 Å². The van der Waals surface area contributed by atoms with Gasteiger partial charge in [-0.3, -0.25) is 0 Å². The fourth-order valence-corrected chi connectivity index (χ4v) is 2.76. The molecule has 0 spiro atoms. The zero-order valence-corrected chi connectivity index (χ0v) is 11.9. The minimum atomic E-state index is 0.666. The van der Waals surface area contributed by atoms with E-state index in [0.717, 1.165) is 22.7 Å². The topological polar surface area (TPSA) is 41.1 Å². The van der Waals surface area contributed by atoms with Gasteiger partial charge in [-0.05, 0) is 30.0 Å². The van der Waals surface area contributed by atoms with Crippen molar-refractivity contribution in [1.29, 1.82) is 5.26 Å². The molecule has 0 saturated heterocycles. The number of hydrogen-bond donors (Lipinski definition) is 0. The fourth-order valence-electron chi connectivity index (χ4n) is 2.08. The fraction of sp³-hybridized carbons (Fsp3) is 0.125. The number of rotatable bonds is 3. The predicted molar refractivity (Wildman–Crippen MR) is 81.7 cm³/mol. The summed E-state index contributed by atoms with van der Waals surface area (Å²) >= 11 is 1.82. The van der Waals surface area contributed by atoms with Gasteiger partial charge in [0.2, 0.25) is 0 Å². The van der Waals surface area contributed by atoms with E-state index in [2.05, 4.69) is 30.2 Å². The molecule has 2 aromatic heterocycles. The molecule has 20 heavy (non-hydrogen) atoms. The molecule has 0 saturated carbocycles. The molecule has 2 heterocycles. The Morgan fingerprint density at radius 2 is 1.95 bits per heavy atom. The maximum atomic E-state index is 8.82. The van der Waals surface area contributed by atoms with Gasteiger partial charge in [-0.15, -0.1) is 11.8 Å². The Morgan fingerprint density at radius 1 is 1.15 bits per heavy atom. The highest BCUT2D eigenvalue weighted by atomic mass is 32.2. The molecule has 0 fully saturated rings. The first-order valence-corrected chi connectivity index (χ1v) is 7.41. The third-order valence-corrected chi connectivity index (χ3v) is 3.91. The molecule has 98 valence electrons. The van der Waals surface area contributed by atoms with Crippen molar-refractivity contribution in [1.82, 2.24) is 9.38 Å². The van der Waals surface area contributed by atoms with Crippen LogP contribution in [0.5, 0.6) is 0 Å². The molecule has 3 aromatic rings. The van der Waals surface area contributed by atoms with Gasteiger partial charge < -0.3 is 4.40 Å². The Kier molecular flexibility index (Phi) is 3.44.